The number of hydrogen-bond donors (Lipinski definition) is 2. The predicted molar refractivity (Wildman–Crippen MR) is 80.4 cm³/mol. The van der Waals surface area contributed by atoms with Gasteiger partial charge in [0.15, 0.2) is 0 Å². The summed E-state index contributed by atoms with van der Waals surface area (Å²) >= 11 is 0. The summed E-state index contributed by atoms with van der Waals surface area (Å²) in [6.07, 6.45) is -5.49. The minimum absolute atomic E-state index is 0. The zero-order valence-corrected chi connectivity index (χ0v) is 13.2. The van der Waals surface area contributed by atoms with E-state index >= 15 is 0 Å². The van der Waals surface area contributed by atoms with Gasteiger partial charge in [0.05, 0.1) is 6.42 Å². The summed E-state index contributed by atoms with van der Waals surface area (Å²) in [6.45, 7) is 2.00. The van der Waals surface area contributed by atoms with Crippen molar-refractivity contribution in [3.8, 4) is 5.75 Å². The van der Waals surface area contributed by atoms with Gasteiger partial charge in [-0.05, 0) is 18.2 Å². The van der Waals surface area contributed by atoms with Crippen LogP contribution in [0.3, 0.4) is 0 Å². The van der Waals surface area contributed by atoms with E-state index in [0.29, 0.717) is 26.2 Å². The van der Waals surface area contributed by atoms with Crippen molar-refractivity contribution in [1.29, 1.82) is 0 Å². The van der Waals surface area contributed by atoms with E-state index < -0.39 is 24.5 Å². The van der Waals surface area contributed by atoms with Crippen LogP contribution >= 0.6 is 24.8 Å². The lowest BCUT2D eigenvalue weighted by molar-refractivity contribution is -0.148. The fourth-order valence-corrected chi connectivity index (χ4v) is 2.44. The van der Waals surface area contributed by atoms with Gasteiger partial charge in [-0.2, -0.15) is 13.2 Å². The molecule has 0 amide bonds. The van der Waals surface area contributed by atoms with E-state index in [1.54, 1.807) is 4.90 Å². The van der Waals surface area contributed by atoms with Crippen molar-refractivity contribution in [2.45, 2.75) is 18.6 Å². The van der Waals surface area contributed by atoms with Gasteiger partial charge >= 0.3 is 6.18 Å². The SMILES string of the molecule is Cl.Cl.Oc1ccc(F)cc1[C@H](CC(F)(F)F)N1CCNCC1. The quantitative estimate of drug-likeness (QED) is 0.808. The Morgan fingerprint density at radius 2 is 1.77 bits per heavy atom. The third kappa shape index (κ3) is 5.79. The first kappa shape index (κ1) is 21.2. The van der Waals surface area contributed by atoms with Crippen molar-refractivity contribution in [2.24, 2.45) is 0 Å². The molecule has 128 valence electrons. The lowest BCUT2D eigenvalue weighted by atomic mass is 9.99. The molecule has 1 atom stereocenters. The molecular weight excluding hydrogens is 347 g/mol. The van der Waals surface area contributed by atoms with Crippen LogP contribution in [0.4, 0.5) is 17.6 Å². The van der Waals surface area contributed by atoms with E-state index in [0.717, 1.165) is 18.2 Å². The highest BCUT2D eigenvalue weighted by atomic mass is 35.5. The molecule has 2 N–H and O–H groups in total. The van der Waals surface area contributed by atoms with Crippen LogP contribution in [0.1, 0.15) is 18.0 Å². The summed E-state index contributed by atoms with van der Waals surface area (Å²) in [7, 11) is 0. The van der Waals surface area contributed by atoms with Crippen LogP contribution in [0.5, 0.6) is 5.75 Å². The number of benzene rings is 1. The molecule has 1 saturated heterocycles. The van der Waals surface area contributed by atoms with Gasteiger partial charge in [0.2, 0.25) is 0 Å². The van der Waals surface area contributed by atoms with E-state index in [4.69, 9.17) is 0 Å². The Bertz CT molecular complexity index is 468. The van der Waals surface area contributed by atoms with Crippen molar-refractivity contribution in [1.82, 2.24) is 10.2 Å². The van der Waals surface area contributed by atoms with Gasteiger partial charge in [0, 0.05) is 37.8 Å². The number of nitrogens with one attached hydrogen (secondary N) is 1. The van der Waals surface area contributed by atoms with Gasteiger partial charge < -0.3 is 10.4 Å². The molecule has 1 aliphatic heterocycles. The molecule has 0 saturated carbocycles. The molecule has 0 unspecified atom stereocenters. The van der Waals surface area contributed by atoms with Gasteiger partial charge in [-0.15, -0.1) is 24.8 Å². The molecule has 0 radical (unpaired) electrons. The number of phenols is 1. The largest absolute Gasteiger partial charge is 0.508 e. The second-order valence-electron chi connectivity index (χ2n) is 4.82. The molecule has 3 nitrogen and oxygen atoms in total. The maximum atomic E-state index is 13.3. The van der Waals surface area contributed by atoms with Crippen LogP contribution in [0.25, 0.3) is 0 Å². The Morgan fingerprint density at radius 3 is 2.32 bits per heavy atom. The summed E-state index contributed by atoms with van der Waals surface area (Å²) in [6, 6.07) is 2.04. The van der Waals surface area contributed by atoms with E-state index in [9.17, 15) is 22.7 Å². The minimum atomic E-state index is -4.38. The summed E-state index contributed by atoms with van der Waals surface area (Å²) in [5.74, 6) is -0.959. The molecule has 2 rings (SSSR count). The molecule has 22 heavy (non-hydrogen) atoms. The summed E-state index contributed by atoms with van der Waals surface area (Å²) in [5.41, 5.74) is -0.00998. The number of halogens is 6. The summed E-state index contributed by atoms with van der Waals surface area (Å²) in [5, 5.41) is 12.8. The monoisotopic (exact) mass is 364 g/mol. The Balaban J connectivity index is 0.00000220. The molecule has 1 heterocycles. The minimum Gasteiger partial charge on any atom is -0.508 e. The first-order valence-electron chi connectivity index (χ1n) is 6.37. The smallest absolute Gasteiger partial charge is 0.390 e. The zero-order chi connectivity index (χ0) is 14.8. The molecule has 1 fully saturated rings. The predicted octanol–water partition coefficient (Wildman–Crippen LogP) is 3.27. The lowest BCUT2D eigenvalue weighted by Gasteiger charge is -2.35. The van der Waals surface area contributed by atoms with E-state index in [2.05, 4.69) is 5.32 Å². The van der Waals surface area contributed by atoms with Crippen LogP contribution < -0.4 is 5.32 Å². The number of phenolic OH excluding ortho intramolecular Hbond substituents is 1. The number of piperazine rings is 1. The molecule has 9 heteroatoms. The average molecular weight is 365 g/mol. The van der Waals surface area contributed by atoms with Crippen LogP contribution in [0.2, 0.25) is 0 Å². The van der Waals surface area contributed by atoms with Crippen molar-refractivity contribution in [3.63, 3.8) is 0 Å². The zero-order valence-electron chi connectivity index (χ0n) is 11.6. The molecule has 0 aromatic heterocycles. The summed E-state index contributed by atoms with van der Waals surface area (Å²) < 4.78 is 51.6. The highest BCUT2D eigenvalue weighted by Gasteiger charge is 2.37. The topological polar surface area (TPSA) is 35.5 Å². The lowest BCUT2D eigenvalue weighted by Crippen LogP contribution is -2.46. The van der Waals surface area contributed by atoms with Crippen molar-refractivity contribution in [2.75, 3.05) is 26.2 Å². The normalized spacial score (nSPS) is 17.3. The first-order valence-corrected chi connectivity index (χ1v) is 6.37. The fraction of sp³-hybridized carbons (Fsp3) is 0.538. The van der Waals surface area contributed by atoms with Gasteiger partial charge in [0.25, 0.3) is 0 Å². The Labute approximate surface area is 138 Å². The van der Waals surface area contributed by atoms with Crippen LogP contribution in [-0.2, 0) is 0 Å². The van der Waals surface area contributed by atoms with Crippen LogP contribution in [0.15, 0.2) is 18.2 Å². The van der Waals surface area contributed by atoms with Gasteiger partial charge in [-0.3, -0.25) is 4.90 Å². The van der Waals surface area contributed by atoms with Gasteiger partial charge in [0.1, 0.15) is 11.6 Å². The second kappa shape index (κ2) is 8.76. The average Bonchev–Trinajstić information content (AvgIpc) is 2.39. The van der Waals surface area contributed by atoms with Gasteiger partial charge in [-0.25, -0.2) is 4.39 Å². The third-order valence-corrected chi connectivity index (χ3v) is 3.37. The Hall–Kier alpha value is -0.760. The third-order valence-electron chi connectivity index (χ3n) is 3.37. The fourth-order valence-electron chi connectivity index (χ4n) is 2.44. The van der Waals surface area contributed by atoms with Gasteiger partial charge in [-0.1, -0.05) is 0 Å². The van der Waals surface area contributed by atoms with E-state index in [-0.39, 0.29) is 36.1 Å². The van der Waals surface area contributed by atoms with Crippen molar-refractivity contribution >= 4 is 24.8 Å². The Morgan fingerprint density at radius 1 is 1.18 bits per heavy atom. The number of alkyl halides is 3. The second-order valence-corrected chi connectivity index (χ2v) is 4.82. The van der Waals surface area contributed by atoms with Crippen LogP contribution in [-0.4, -0.2) is 42.4 Å². The maximum Gasteiger partial charge on any atom is 0.390 e. The van der Waals surface area contributed by atoms with Crippen molar-refractivity contribution < 1.29 is 22.7 Å². The standard InChI is InChI=1S/C13H16F4N2O.2ClH/c14-9-1-2-12(20)10(7-9)11(8-13(15,16)17)19-5-3-18-4-6-19;;/h1-2,7,11,18,20H,3-6,8H2;2*1H/t11-;;/m0../s1. The number of nitrogens with zero attached hydrogens (tertiary/aromatic N) is 1. The van der Waals surface area contributed by atoms with Crippen LogP contribution in [0, 0.1) is 5.82 Å². The first-order chi connectivity index (χ1) is 9.37. The number of hydrogen-bond acceptors (Lipinski definition) is 3. The van der Waals surface area contributed by atoms with E-state index in [1.165, 1.54) is 0 Å². The molecule has 1 aliphatic rings. The highest BCUT2D eigenvalue weighted by molar-refractivity contribution is 5.85. The van der Waals surface area contributed by atoms with E-state index in [1.807, 2.05) is 0 Å². The summed E-state index contributed by atoms with van der Waals surface area (Å²) in [4.78, 5) is 1.62. The molecule has 0 aliphatic carbocycles. The number of aromatic hydroxyl groups is 1. The molecule has 0 spiro atoms. The van der Waals surface area contributed by atoms with Crippen molar-refractivity contribution in [3.05, 3.63) is 29.6 Å². The molecule has 0 bridgehead atoms. The number of rotatable bonds is 3. The maximum absolute atomic E-state index is 13.3. The molecule has 1 aromatic carbocycles. The molecular formula is C13H18Cl2F4N2O. The highest BCUT2D eigenvalue weighted by Crippen LogP contribution is 2.37. The Kier molecular flexibility index (Phi) is 8.46. The molecule has 1 aromatic rings.